The summed E-state index contributed by atoms with van der Waals surface area (Å²) in [6.07, 6.45) is 4.20. The molecule has 2 rings (SSSR count). The summed E-state index contributed by atoms with van der Waals surface area (Å²) in [5.41, 5.74) is 1.49. The highest BCUT2D eigenvalue weighted by atomic mass is 16.7. The molecule has 0 saturated carbocycles. The highest BCUT2D eigenvalue weighted by molar-refractivity contribution is 5.98. The first kappa shape index (κ1) is 17.1. The maximum atomic E-state index is 11.9. The molecule has 0 aliphatic carbocycles. The van der Waals surface area contributed by atoms with Crippen molar-refractivity contribution in [3.8, 4) is 0 Å². The third-order valence-electron chi connectivity index (χ3n) is 3.17. The van der Waals surface area contributed by atoms with Crippen LogP contribution in [0.5, 0.6) is 0 Å². The van der Waals surface area contributed by atoms with Crippen molar-refractivity contribution in [2.45, 2.75) is 13.3 Å². The van der Waals surface area contributed by atoms with Crippen LogP contribution in [-0.4, -0.2) is 16.6 Å². The van der Waals surface area contributed by atoms with Crippen molar-refractivity contribution in [1.29, 1.82) is 0 Å². The summed E-state index contributed by atoms with van der Waals surface area (Å²) in [6.45, 7) is 1.88. The number of non-ortho nitro benzene ring substituents is 1. The predicted octanol–water partition coefficient (Wildman–Crippen LogP) is 4.23. The lowest BCUT2D eigenvalue weighted by Crippen LogP contribution is -2.04. The number of benzene rings is 2. The topological polar surface area (TPSA) is 81.8 Å². The van der Waals surface area contributed by atoms with Gasteiger partial charge in [0.25, 0.3) is 5.69 Å². The SMILES string of the molecule is CCC(/C=C/c1ccccc1)=N/OC(=O)c1cccc([N+](=O)[O-])c1. The van der Waals surface area contributed by atoms with Crippen LogP contribution in [0.1, 0.15) is 29.3 Å². The summed E-state index contributed by atoms with van der Waals surface area (Å²) in [5.74, 6) is -0.738. The molecule has 0 radical (unpaired) electrons. The van der Waals surface area contributed by atoms with Crippen LogP contribution in [0.25, 0.3) is 6.08 Å². The molecule has 0 saturated heterocycles. The van der Waals surface area contributed by atoms with Gasteiger partial charge in [0.15, 0.2) is 0 Å². The number of hydrogen-bond acceptors (Lipinski definition) is 5. The summed E-state index contributed by atoms with van der Waals surface area (Å²) < 4.78 is 0. The van der Waals surface area contributed by atoms with Crippen molar-refractivity contribution in [2.75, 3.05) is 0 Å². The Kier molecular flexibility index (Phi) is 5.96. The lowest BCUT2D eigenvalue weighted by Gasteiger charge is -2.00. The number of rotatable bonds is 6. The van der Waals surface area contributed by atoms with Crippen LogP contribution >= 0.6 is 0 Å². The van der Waals surface area contributed by atoms with E-state index in [1.165, 1.54) is 18.2 Å². The summed E-state index contributed by atoms with van der Waals surface area (Å²) in [5, 5.41) is 14.5. The van der Waals surface area contributed by atoms with Gasteiger partial charge in [-0.05, 0) is 24.1 Å². The van der Waals surface area contributed by atoms with Crippen molar-refractivity contribution >= 4 is 23.4 Å². The zero-order chi connectivity index (χ0) is 17.4. The van der Waals surface area contributed by atoms with E-state index in [0.29, 0.717) is 12.1 Å². The summed E-state index contributed by atoms with van der Waals surface area (Å²) >= 11 is 0. The highest BCUT2D eigenvalue weighted by Gasteiger charge is 2.12. The highest BCUT2D eigenvalue weighted by Crippen LogP contribution is 2.14. The van der Waals surface area contributed by atoms with E-state index in [0.717, 1.165) is 11.6 Å². The maximum Gasteiger partial charge on any atom is 0.365 e. The molecular weight excluding hydrogens is 308 g/mol. The molecule has 24 heavy (non-hydrogen) atoms. The fourth-order valence-corrected chi connectivity index (χ4v) is 1.87. The third kappa shape index (κ3) is 4.88. The minimum absolute atomic E-state index is 0.0791. The van der Waals surface area contributed by atoms with Gasteiger partial charge >= 0.3 is 5.97 Å². The Bertz CT molecular complexity index is 783. The third-order valence-corrected chi connectivity index (χ3v) is 3.17. The van der Waals surface area contributed by atoms with Gasteiger partial charge in [-0.25, -0.2) is 4.79 Å². The van der Waals surface area contributed by atoms with Crippen LogP contribution in [0, 0.1) is 10.1 Å². The first-order valence-electron chi connectivity index (χ1n) is 7.36. The first-order valence-corrected chi connectivity index (χ1v) is 7.36. The average Bonchev–Trinajstić information content (AvgIpc) is 2.62. The Morgan fingerprint density at radius 1 is 1.21 bits per heavy atom. The molecule has 0 aliphatic rings. The van der Waals surface area contributed by atoms with E-state index < -0.39 is 10.9 Å². The predicted molar refractivity (Wildman–Crippen MR) is 91.7 cm³/mol. The van der Waals surface area contributed by atoms with E-state index in [1.807, 2.05) is 43.3 Å². The molecule has 0 fully saturated rings. The number of allylic oxidation sites excluding steroid dienone is 1. The van der Waals surface area contributed by atoms with E-state index in [-0.39, 0.29) is 11.3 Å². The molecule has 0 amide bonds. The van der Waals surface area contributed by atoms with Gasteiger partial charge in [-0.2, -0.15) is 0 Å². The molecule has 6 nitrogen and oxygen atoms in total. The second-order valence-electron chi connectivity index (χ2n) is 4.87. The van der Waals surface area contributed by atoms with Gasteiger partial charge in [0.2, 0.25) is 0 Å². The molecular formula is C18H16N2O4. The van der Waals surface area contributed by atoms with Gasteiger partial charge in [-0.3, -0.25) is 10.1 Å². The van der Waals surface area contributed by atoms with E-state index >= 15 is 0 Å². The normalized spacial score (nSPS) is 11.5. The molecule has 122 valence electrons. The van der Waals surface area contributed by atoms with Gasteiger partial charge in [0.1, 0.15) is 0 Å². The lowest BCUT2D eigenvalue weighted by atomic mass is 10.2. The van der Waals surface area contributed by atoms with Crippen molar-refractivity contribution in [2.24, 2.45) is 5.16 Å². The molecule has 6 heteroatoms. The number of carbonyl (C=O) groups is 1. The molecule has 0 spiro atoms. The number of carbonyl (C=O) groups excluding carboxylic acids is 1. The smallest absolute Gasteiger partial charge is 0.313 e. The molecule has 0 aliphatic heterocycles. The minimum Gasteiger partial charge on any atom is -0.313 e. The maximum absolute atomic E-state index is 11.9. The van der Waals surface area contributed by atoms with E-state index in [9.17, 15) is 14.9 Å². The van der Waals surface area contributed by atoms with Crippen LogP contribution in [0.15, 0.2) is 65.8 Å². The molecule has 2 aromatic rings. The second kappa shape index (κ2) is 8.38. The van der Waals surface area contributed by atoms with Crippen molar-refractivity contribution in [3.05, 3.63) is 81.9 Å². The standard InChI is InChI=1S/C18H16N2O4/c1-2-16(12-11-14-7-4-3-5-8-14)19-24-18(21)15-9-6-10-17(13-15)20(22)23/h3-13H,2H2,1H3/b12-11+,19-16-. The van der Waals surface area contributed by atoms with Gasteiger partial charge < -0.3 is 4.84 Å². The Hall–Kier alpha value is -3.28. The summed E-state index contributed by atoms with van der Waals surface area (Å²) in [7, 11) is 0. The summed E-state index contributed by atoms with van der Waals surface area (Å²) in [6, 6.07) is 15.0. The van der Waals surface area contributed by atoms with Gasteiger partial charge in [0.05, 0.1) is 16.2 Å². The van der Waals surface area contributed by atoms with Crippen LogP contribution in [0.3, 0.4) is 0 Å². The number of nitrogens with zero attached hydrogens (tertiary/aromatic N) is 2. The number of oxime groups is 1. The molecule has 0 N–H and O–H groups in total. The van der Waals surface area contributed by atoms with Gasteiger partial charge in [0, 0.05) is 12.1 Å². The van der Waals surface area contributed by atoms with Crippen molar-refractivity contribution < 1.29 is 14.6 Å². The average molecular weight is 324 g/mol. The zero-order valence-corrected chi connectivity index (χ0v) is 13.1. The first-order chi connectivity index (χ1) is 11.6. The van der Waals surface area contributed by atoms with Gasteiger partial charge in [-0.1, -0.05) is 54.6 Å². The molecule has 0 atom stereocenters. The molecule has 2 aromatic carbocycles. The molecule has 0 unspecified atom stereocenters. The monoisotopic (exact) mass is 324 g/mol. The van der Waals surface area contributed by atoms with Crippen molar-refractivity contribution in [3.63, 3.8) is 0 Å². The second-order valence-corrected chi connectivity index (χ2v) is 4.87. The lowest BCUT2D eigenvalue weighted by molar-refractivity contribution is -0.384. The van der Waals surface area contributed by atoms with Gasteiger partial charge in [-0.15, -0.1) is 0 Å². The largest absolute Gasteiger partial charge is 0.365 e. The minimum atomic E-state index is -0.738. The number of nitro benzene ring substituents is 1. The fourth-order valence-electron chi connectivity index (χ4n) is 1.87. The van der Waals surface area contributed by atoms with Crippen LogP contribution in [0.2, 0.25) is 0 Å². The van der Waals surface area contributed by atoms with E-state index in [1.54, 1.807) is 6.08 Å². The van der Waals surface area contributed by atoms with E-state index in [4.69, 9.17) is 4.84 Å². The van der Waals surface area contributed by atoms with Crippen LogP contribution in [-0.2, 0) is 4.84 Å². The van der Waals surface area contributed by atoms with Crippen LogP contribution < -0.4 is 0 Å². The fraction of sp³-hybridized carbons (Fsp3) is 0.111. The Balaban J connectivity index is 2.07. The Labute approximate surface area is 139 Å². The Morgan fingerprint density at radius 2 is 1.96 bits per heavy atom. The summed E-state index contributed by atoms with van der Waals surface area (Å²) in [4.78, 5) is 27.0. The quantitative estimate of drug-likeness (QED) is 0.344. The number of hydrogen-bond donors (Lipinski definition) is 0. The Morgan fingerprint density at radius 3 is 2.62 bits per heavy atom. The van der Waals surface area contributed by atoms with Crippen LogP contribution in [0.4, 0.5) is 5.69 Å². The van der Waals surface area contributed by atoms with Crippen molar-refractivity contribution in [1.82, 2.24) is 0 Å². The molecule has 0 bridgehead atoms. The van der Waals surface area contributed by atoms with E-state index in [2.05, 4.69) is 5.16 Å². The molecule has 0 aromatic heterocycles. The zero-order valence-electron chi connectivity index (χ0n) is 13.1. The number of nitro groups is 1. The molecule has 0 heterocycles.